The van der Waals surface area contributed by atoms with Crippen LogP contribution in [-0.4, -0.2) is 11.3 Å². The molecule has 0 aliphatic heterocycles. The number of hydrogen-bond donors (Lipinski definition) is 0. The predicted molar refractivity (Wildman–Crippen MR) is 86.7 cm³/mol. The van der Waals surface area contributed by atoms with E-state index in [1.54, 1.807) is 0 Å². The van der Waals surface area contributed by atoms with Crippen molar-refractivity contribution in [2.24, 2.45) is 0 Å². The fourth-order valence-electron chi connectivity index (χ4n) is 2.67. The van der Waals surface area contributed by atoms with Crippen LogP contribution in [0.3, 0.4) is 0 Å². The Morgan fingerprint density at radius 1 is 0.944 bits per heavy atom. The van der Waals surface area contributed by atoms with Gasteiger partial charge in [-0.05, 0) is 41.6 Å². The zero-order valence-electron chi connectivity index (χ0n) is 12.1. The molecule has 0 bridgehead atoms. The molecule has 2 unspecified atom stereocenters. The van der Waals surface area contributed by atoms with Crippen molar-refractivity contribution in [2.75, 3.05) is 0 Å². The van der Waals surface area contributed by atoms with Gasteiger partial charge in [0.15, 0.2) is 0 Å². The summed E-state index contributed by atoms with van der Waals surface area (Å²) in [7, 11) is -0.0610. The van der Waals surface area contributed by atoms with Gasteiger partial charge in [-0.15, -0.1) is 0 Å². The summed E-state index contributed by atoms with van der Waals surface area (Å²) in [6.07, 6.45) is 5.24. The van der Waals surface area contributed by atoms with Crippen molar-refractivity contribution in [1.29, 1.82) is 0 Å². The van der Waals surface area contributed by atoms with E-state index in [1.165, 1.54) is 31.0 Å². The van der Waals surface area contributed by atoms with Gasteiger partial charge >= 0.3 is 0 Å². The maximum absolute atomic E-state index is 6.01. The monoisotopic (exact) mass is 284 g/mol. The largest absolute Gasteiger partial charge is 0.0843 e. The first kappa shape index (κ1) is 16.0. The van der Waals surface area contributed by atoms with E-state index >= 15 is 0 Å². The minimum Gasteiger partial charge on any atom is -0.0843 e. The molecule has 18 heavy (non-hydrogen) atoms. The molecule has 0 saturated carbocycles. The lowest BCUT2D eigenvalue weighted by Gasteiger charge is -2.30. The van der Waals surface area contributed by atoms with E-state index < -0.39 is 0 Å². The number of rotatable bonds is 7. The van der Waals surface area contributed by atoms with Crippen LogP contribution in [0.2, 0.25) is 5.02 Å². The smallest absolute Gasteiger partial charge is 0.0406 e. The van der Waals surface area contributed by atoms with Crippen LogP contribution >= 0.6 is 19.5 Å². The van der Waals surface area contributed by atoms with Gasteiger partial charge < -0.3 is 0 Å². The first-order valence-electron chi connectivity index (χ1n) is 7.14. The standard InChI is InChI=1S/C16H26ClP/c1-5-7-13(3)18(14(4)8-6-2)16-11-9-15(17)10-12-16/h9-14H,5-8H2,1-4H3. The summed E-state index contributed by atoms with van der Waals surface area (Å²) in [5.74, 6) is 0. The Morgan fingerprint density at radius 2 is 1.39 bits per heavy atom. The zero-order valence-corrected chi connectivity index (χ0v) is 13.8. The van der Waals surface area contributed by atoms with E-state index in [9.17, 15) is 0 Å². The number of benzene rings is 1. The fourth-order valence-corrected chi connectivity index (χ4v) is 6.25. The molecule has 0 saturated heterocycles. The molecule has 0 N–H and O–H groups in total. The molecule has 0 aliphatic carbocycles. The van der Waals surface area contributed by atoms with Crippen LogP contribution in [0, 0.1) is 0 Å². The molecule has 1 aromatic carbocycles. The quantitative estimate of drug-likeness (QED) is 0.553. The van der Waals surface area contributed by atoms with Gasteiger partial charge in [0, 0.05) is 5.02 Å². The first-order valence-corrected chi connectivity index (χ1v) is 8.99. The van der Waals surface area contributed by atoms with Crippen molar-refractivity contribution < 1.29 is 0 Å². The second-order valence-corrected chi connectivity index (χ2v) is 8.69. The molecule has 1 rings (SSSR count). The van der Waals surface area contributed by atoms with E-state index in [0.29, 0.717) is 0 Å². The van der Waals surface area contributed by atoms with Gasteiger partial charge in [-0.1, -0.05) is 72.2 Å². The summed E-state index contributed by atoms with van der Waals surface area (Å²) in [4.78, 5) is 0. The summed E-state index contributed by atoms with van der Waals surface area (Å²) >= 11 is 6.01. The lowest BCUT2D eigenvalue weighted by Crippen LogP contribution is -2.18. The van der Waals surface area contributed by atoms with Crippen molar-refractivity contribution in [3.05, 3.63) is 29.3 Å². The highest BCUT2D eigenvalue weighted by molar-refractivity contribution is 7.67. The average molecular weight is 285 g/mol. The molecular formula is C16H26ClP. The Labute approximate surface area is 119 Å². The summed E-state index contributed by atoms with van der Waals surface area (Å²) < 4.78 is 0. The number of halogens is 1. The third-order valence-corrected chi connectivity index (χ3v) is 7.05. The van der Waals surface area contributed by atoms with E-state index in [4.69, 9.17) is 11.6 Å². The predicted octanol–water partition coefficient (Wildman–Crippen LogP) is 5.82. The van der Waals surface area contributed by atoms with Crippen LogP contribution in [0.5, 0.6) is 0 Å². The second-order valence-electron chi connectivity index (χ2n) is 5.16. The van der Waals surface area contributed by atoms with E-state index in [2.05, 4.69) is 39.8 Å². The van der Waals surface area contributed by atoms with Crippen molar-refractivity contribution >= 4 is 24.8 Å². The molecule has 0 spiro atoms. The van der Waals surface area contributed by atoms with Crippen LogP contribution in [0.1, 0.15) is 53.4 Å². The van der Waals surface area contributed by atoms with Crippen LogP contribution in [0.4, 0.5) is 0 Å². The molecular weight excluding hydrogens is 259 g/mol. The Kier molecular flexibility index (Phi) is 7.27. The van der Waals surface area contributed by atoms with Gasteiger partial charge in [-0.2, -0.15) is 0 Å². The molecule has 0 fully saturated rings. The van der Waals surface area contributed by atoms with Crippen molar-refractivity contribution in [1.82, 2.24) is 0 Å². The minimum atomic E-state index is -0.0610. The summed E-state index contributed by atoms with van der Waals surface area (Å²) in [6.45, 7) is 9.43. The molecule has 0 amide bonds. The summed E-state index contributed by atoms with van der Waals surface area (Å²) in [5.41, 5.74) is 1.63. The Balaban J connectivity index is 2.91. The lowest BCUT2D eigenvalue weighted by molar-refractivity contribution is 0.741. The Morgan fingerprint density at radius 3 is 1.78 bits per heavy atom. The molecule has 102 valence electrons. The van der Waals surface area contributed by atoms with Crippen LogP contribution in [0.25, 0.3) is 0 Å². The molecule has 0 aromatic heterocycles. The fraction of sp³-hybridized carbons (Fsp3) is 0.625. The first-order chi connectivity index (χ1) is 8.60. The second kappa shape index (κ2) is 8.18. The highest BCUT2D eigenvalue weighted by Crippen LogP contribution is 2.48. The van der Waals surface area contributed by atoms with Gasteiger partial charge in [-0.3, -0.25) is 0 Å². The average Bonchev–Trinajstić information content (AvgIpc) is 2.33. The highest BCUT2D eigenvalue weighted by Gasteiger charge is 2.23. The van der Waals surface area contributed by atoms with Gasteiger partial charge in [0.05, 0.1) is 0 Å². The van der Waals surface area contributed by atoms with Crippen LogP contribution in [0.15, 0.2) is 24.3 Å². The van der Waals surface area contributed by atoms with Crippen molar-refractivity contribution in [3.63, 3.8) is 0 Å². The molecule has 0 radical (unpaired) electrons. The van der Waals surface area contributed by atoms with Gasteiger partial charge in [-0.25, -0.2) is 0 Å². The summed E-state index contributed by atoms with van der Waals surface area (Å²) in [6, 6.07) is 8.58. The van der Waals surface area contributed by atoms with E-state index in [-0.39, 0.29) is 7.92 Å². The van der Waals surface area contributed by atoms with Gasteiger partial charge in [0.25, 0.3) is 0 Å². The molecule has 0 nitrogen and oxygen atoms in total. The van der Waals surface area contributed by atoms with Crippen molar-refractivity contribution in [2.45, 2.75) is 64.7 Å². The van der Waals surface area contributed by atoms with E-state index in [0.717, 1.165) is 16.3 Å². The topological polar surface area (TPSA) is 0 Å². The Bertz CT molecular complexity index is 321. The molecule has 1 aromatic rings. The lowest BCUT2D eigenvalue weighted by atomic mass is 10.3. The molecule has 0 aliphatic rings. The third-order valence-electron chi connectivity index (χ3n) is 3.49. The normalized spacial score (nSPS) is 16.3. The third kappa shape index (κ3) is 4.56. The van der Waals surface area contributed by atoms with Crippen LogP contribution < -0.4 is 5.30 Å². The maximum atomic E-state index is 6.01. The molecule has 2 heteroatoms. The van der Waals surface area contributed by atoms with Crippen molar-refractivity contribution in [3.8, 4) is 0 Å². The van der Waals surface area contributed by atoms with Gasteiger partial charge in [0.1, 0.15) is 0 Å². The van der Waals surface area contributed by atoms with Gasteiger partial charge in [0.2, 0.25) is 0 Å². The number of hydrogen-bond acceptors (Lipinski definition) is 0. The highest BCUT2D eigenvalue weighted by atomic mass is 35.5. The Hall–Kier alpha value is -0.0600. The maximum Gasteiger partial charge on any atom is 0.0406 e. The van der Waals surface area contributed by atoms with E-state index in [1.807, 2.05) is 12.1 Å². The molecule has 2 atom stereocenters. The van der Waals surface area contributed by atoms with Crippen LogP contribution in [-0.2, 0) is 0 Å². The molecule has 0 heterocycles. The zero-order chi connectivity index (χ0) is 13.5. The SMILES string of the molecule is CCCC(C)P(c1ccc(Cl)cc1)C(C)CCC. The minimum absolute atomic E-state index is 0.0610. The summed E-state index contributed by atoms with van der Waals surface area (Å²) in [5, 5.41) is 2.37.